The fraction of sp³-hybridized carbons (Fsp3) is 0.385. The van der Waals surface area contributed by atoms with Crippen molar-refractivity contribution < 1.29 is 9.59 Å². The van der Waals surface area contributed by atoms with E-state index >= 15 is 0 Å². The van der Waals surface area contributed by atoms with Gasteiger partial charge >= 0.3 is 0 Å². The second kappa shape index (κ2) is 5.61. The van der Waals surface area contributed by atoms with Gasteiger partial charge in [0.2, 0.25) is 5.91 Å². The number of primary amides is 1. The summed E-state index contributed by atoms with van der Waals surface area (Å²) in [4.78, 5) is 25.3. The molecule has 6 heteroatoms. The predicted octanol–water partition coefficient (Wildman–Crippen LogP) is 1.37. The Balaban J connectivity index is 2.19. The van der Waals surface area contributed by atoms with E-state index in [4.69, 9.17) is 11.5 Å². The maximum absolute atomic E-state index is 12.4. The zero-order valence-electron chi connectivity index (χ0n) is 10.4. The second-order valence-corrected chi connectivity index (χ2v) is 5.64. The molecular weight excluding hydrogens is 310 g/mol. The minimum Gasteiger partial charge on any atom is -0.398 e. The molecule has 0 bridgehead atoms. The largest absolute Gasteiger partial charge is 0.398 e. The fourth-order valence-electron chi connectivity index (χ4n) is 2.28. The SMILES string of the molecule is NC(=O)C1CCCN(C(=O)c2cc(Br)ccc2N)C1. The fourth-order valence-corrected chi connectivity index (χ4v) is 2.64. The Kier molecular flexibility index (Phi) is 4.09. The Labute approximate surface area is 120 Å². The van der Waals surface area contributed by atoms with E-state index in [-0.39, 0.29) is 17.7 Å². The normalized spacial score (nSPS) is 19.2. The molecule has 1 unspecified atom stereocenters. The van der Waals surface area contributed by atoms with Crippen LogP contribution in [0.3, 0.4) is 0 Å². The average Bonchev–Trinajstić information content (AvgIpc) is 2.41. The van der Waals surface area contributed by atoms with E-state index in [9.17, 15) is 9.59 Å². The molecule has 1 heterocycles. The number of piperidine rings is 1. The van der Waals surface area contributed by atoms with Crippen LogP contribution in [0.5, 0.6) is 0 Å². The number of benzene rings is 1. The second-order valence-electron chi connectivity index (χ2n) is 4.72. The lowest BCUT2D eigenvalue weighted by atomic mass is 9.96. The van der Waals surface area contributed by atoms with E-state index in [1.165, 1.54) is 0 Å². The summed E-state index contributed by atoms with van der Waals surface area (Å²) >= 11 is 3.32. The third kappa shape index (κ3) is 3.07. The highest BCUT2D eigenvalue weighted by Gasteiger charge is 2.28. The third-order valence-corrected chi connectivity index (χ3v) is 3.85. The van der Waals surface area contributed by atoms with Gasteiger partial charge in [0.1, 0.15) is 0 Å². The lowest BCUT2D eigenvalue weighted by molar-refractivity contribution is -0.123. The van der Waals surface area contributed by atoms with Gasteiger partial charge in [-0.2, -0.15) is 0 Å². The number of nitrogen functional groups attached to an aromatic ring is 1. The van der Waals surface area contributed by atoms with Crippen LogP contribution in [0.4, 0.5) is 5.69 Å². The molecule has 0 radical (unpaired) electrons. The Bertz CT molecular complexity index is 519. The van der Waals surface area contributed by atoms with Gasteiger partial charge in [0.05, 0.1) is 11.5 Å². The predicted molar refractivity (Wildman–Crippen MR) is 76.4 cm³/mol. The summed E-state index contributed by atoms with van der Waals surface area (Å²) in [6.45, 7) is 1.01. The molecule has 2 amide bonds. The summed E-state index contributed by atoms with van der Waals surface area (Å²) in [6, 6.07) is 5.17. The number of amides is 2. The topological polar surface area (TPSA) is 89.4 Å². The van der Waals surface area contributed by atoms with Crippen molar-refractivity contribution in [3.05, 3.63) is 28.2 Å². The van der Waals surface area contributed by atoms with Gasteiger partial charge < -0.3 is 16.4 Å². The van der Waals surface area contributed by atoms with Crippen LogP contribution in [0.15, 0.2) is 22.7 Å². The molecule has 0 saturated carbocycles. The molecule has 1 aromatic rings. The number of anilines is 1. The molecule has 102 valence electrons. The lowest BCUT2D eigenvalue weighted by Gasteiger charge is -2.31. The summed E-state index contributed by atoms with van der Waals surface area (Å²) in [5.74, 6) is -0.754. The summed E-state index contributed by atoms with van der Waals surface area (Å²) in [7, 11) is 0. The van der Waals surface area contributed by atoms with Gasteiger partial charge in [0.15, 0.2) is 0 Å². The minimum absolute atomic E-state index is 0.148. The molecule has 0 spiro atoms. The monoisotopic (exact) mass is 325 g/mol. The van der Waals surface area contributed by atoms with E-state index in [1.54, 1.807) is 23.1 Å². The van der Waals surface area contributed by atoms with Gasteiger partial charge in [-0.05, 0) is 31.0 Å². The zero-order valence-corrected chi connectivity index (χ0v) is 12.0. The molecule has 19 heavy (non-hydrogen) atoms. The quantitative estimate of drug-likeness (QED) is 0.805. The van der Waals surface area contributed by atoms with E-state index in [2.05, 4.69) is 15.9 Å². The highest BCUT2D eigenvalue weighted by Crippen LogP contribution is 2.23. The maximum atomic E-state index is 12.4. The summed E-state index contributed by atoms with van der Waals surface area (Å²) < 4.78 is 0.800. The van der Waals surface area contributed by atoms with E-state index < -0.39 is 0 Å². The summed E-state index contributed by atoms with van der Waals surface area (Å²) in [5, 5.41) is 0. The van der Waals surface area contributed by atoms with Crippen LogP contribution in [0.25, 0.3) is 0 Å². The number of hydrogen-bond acceptors (Lipinski definition) is 3. The smallest absolute Gasteiger partial charge is 0.256 e. The van der Waals surface area contributed by atoms with Crippen molar-refractivity contribution in [3.8, 4) is 0 Å². The lowest BCUT2D eigenvalue weighted by Crippen LogP contribution is -2.44. The summed E-state index contributed by atoms with van der Waals surface area (Å²) in [6.07, 6.45) is 1.53. The van der Waals surface area contributed by atoms with E-state index in [0.29, 0.717) is 24.3 Å². The molecule has 1 aromatic carbocycles. The molecule has 1 fully saturated rings. The van der Waals surface area contributed by atoms with Crippen LogP contribution in [-0.2, 0) is 4.79 Å². The van der Waals surface area contributed by atoms with Crippen LogP contribution < -0.4 is 11.5 Å². The molecule has 4 N–H and O–H groups in total. The van der Waals surface area contributed by atoms with Crippen molar-refractivity contribution in [2.24, 2.45) is 11.7 Å². The van der Waals surface area contributed by atoms with E-state index in [0.717, 1.165) is 17.3 Å². The van der Waals surface area contributed by atoms with Gasteiger partial charge in [0, 0.05) is 23.2 Å². The Morgan fingerprint density at radius 1 is 1.37 bits per heavy atom. The molecule has 0 aromatic heterocycles. The molecule has 1 aliphatic heterocycles. The molecular formula is C13H16BrN3O2. The Morgan fingerprint density at radius 2 is 2.11 bits per heavy atom. The number of rotatable bonds is 2. The van der Waals surface area contributed by atoms with Crippen LogP contribution in [0, 0.1) is 5.92 Å². The number of hydrogen-bond donors (Lipinski definition) is 2. The third-order valence-electron chi connectivity index (χ3n) is 3.36. The highest BCUT2D eigenvalue weighted by atomic mass is 79.9. The molecule has 1 aliphatic rings. The standard InChI is InChI=1S/C13H16BrN3O2/c14-9-3-4-11(15)10(6-9)13(19)17-5-1-2-8(7-17)12(16)18/h3-4,6,8H,1-2,5,7,15H2,(H2,16,18). The number of carbonyl (C=O) groups excluding carboxylic acids is 2. The first-order valence-corrected chi connectivity index (χ1v) is 6.92. The van der Waals surface area contributed by atoms with Crippen molar-refractivity contribution in [2.45, 2.75) is 12.8 Å². The van der Waals surface area contributed by atoms with Crippen molar-refractivity contribution in [3.63, 3.8) is 0 Å². The van der Waals surface area contributed by atoms with Crippen molar-refractivity contribution >= 4 is 33.4 Å². The van der Waals surface area contributed by atoms with Crippen LogP contribution in [-0.4, -0.2) is 29.8 Å². The van der Waals surface area contributed by atoms with Crippen molar-refractivity contribution in [1.29, 1.82) is 0 Å². The molecule has 5 nitrogen and oxygen atoms in total. The number of nitrogens with zero attached hydrogens (tertiary/aromatic N) is 1. The molecule has 1 saturated heterocycles. The van der Waals surface area contributed by atoms with Gasteiger partial charge in [-0.1, -0.05) is 15.9 Å². The van der Waals surface area contributed by atoms with Crippen molar-refractivity contribution in [2.75, 3.05) is 18.8 Å². The van der Waals surface area contributed by atoms with Gasteiger partial charge in [-0.15, -0.1) is 0 Å². The van der Waals surface area contributed by atoms with Crippen LogP contribution in [0.2, 0.25) is 0 Å². The average molecular weight is 326 g/mol. The van der Waals surface area contributed by atoms with Gasteiger partial charge in [-0.25, -0.2) is 0 Å². The highest BCUT2D eigenvalue weighted by molar-refractivity contribution is 9.10. The van der Waals surface area contributed by atoms with Crippen LogP contribution in [0.1, 0.15) is 23.2 Å². The Morgan fingerprint density at radius 3 is 2.79 bits per heavy atom. The number of likely N-dealkylation sites (tertiary alicyclic amines) is 1. The minimum atomic E-state index is -0.347. The number of carbonyl (C=O) groups is 2. The zero-order chi connectivity index (χ0) is 14.0. The Hall–Kier alpha value is -1.56. The van der Waals surface area contributed by atoms with E-state index in [1.807, 2.05) is 0 Å². The maximum Gasteiger partial charge on any atom is 0.256 e. The first kappa shape index (κ1) is 13.9. The molecule has 1 atom stereocenters. The number of nitrogens with two attached hydrogens (primary N) is 2. The molecule has 2 rings (SSSR count). The van der Waals surface area contributed by atoms with Gasteiger partial charge in [-0.3, -0.25) is 9.59 Å². The number of halogens is 1. The first-order valence-electron chi connectivity index (χ1n) is 6.12. The molecule has 0 aliphatic carbocycles. The van der Waals surface area contributed by atoms with Gasteiger partial charge in [0.25, 0.3) is 5.91 Å². The van der Waals surface area contributed by atoms with Crippen LogP contribution >= 0.6 is 15.9 Å². The first-order chi connectivity index (χ1) is 8.99. The summed E-state index contributed by atoms with van der Waals surface area (Å²) in [5.41, 5.74) is 12.0. The van der Waals surface area contributed by atoms with Crippen molar-refractivity contribution in [1.82, 2.24) is 4.90 Å².